The molecule has 6 rings (SSSR count). The van der Waals surface area contributed by atoms with Gasteiger partial charge in [-0.3, -0.25) is 14.5 Å². The number of anilines is 3. The Morgan fingerprint density at radius 1 is 1.21 bits per heavy atom. The molecule has 4 aromatic heterocycles. The van der Waals surface area contributed by atoms with Gasteiger partial charge in [-0.05, 0) is 30.7 Å². The number of nitrogens with one attached hydrogen (secondary N) is 2. The van der Waals surface area contributed by atoms with Crippen molar-refractivity contribution >= 4 is 56.5 Å². The number of hydrogen-bond donors (Lipinski definition) is 2. The molecule has 39 heavy (non-hydrogen) atoms. The quantitative estimate of drug-likeness (QED) is 0.346. The minimum atomic E-state index is -0.446. The molecule has 4 amide bonds. The SMILES string of the molecule is C=CC(=O)N1C=C(NC(=O)c2sc3nccc4c3c2NC(=O)N4c2cnc(Oc3cccnn3)cc2C)CC1. The number of carbonyl (C=O) groups excluding carboxylic acids is 3. The zero-order valence-corrected chi connectivity index (χ0v) is 21.4. The molecule has 0 spiro atoms. The fraction of sp³-hybridized carbons (Fsp3) is 0.115. The van der Waals surface area contributed by atoms with E-state index in [2.05, 4.69) is 37.4 Å². The van der Waals surface area contributed by atoms with E-state index in [1.165, 1.54) is 27.2 Å². The fourth-order valence-electron chi connectivity index (χ4n) is 4.39. The maximum atomic E-state index is 13.4. The minimum Gasteiger partial charge on any atom is -0.419 e. The van der Waals surface area contributed by atoms with Gasteiger partial charge in [-0.15, -0.1) is 16.4 Å². The highest BCUT2D eigenvalue weighted by Gasteiger charge is 2.34. The number of rotatable bonds is 6. The van der Waals surface area contributed by atoms with Crippen LogP contribution in [0.4, 0.5) is 21.9 Å². The standard InChI is InChI=1S/C26H20N8O4S/c1-3-20(35)33-10-7-15(13-33)30-24(36)23-22-21-16(6-9-27-25(21)39-23)34(26(37)31-22)17-12-28-19(11-14(17)2)38-18-5-4-8-29-32-18/h3-6,8-9,11-13H,1,7,10H2,2H3,(H,30,36)(H,31,37). The van der Waals surface area contributed by atoms with Gasteiger partial charge in [-0.1, -0.05) is 6.58 Å². The summed E-state index contributed by atoms with van der Waals surface area (Å²) in [5.74, 6) is -0.0321. The van der Waals surface area contributed by atoms with E-state index in [1.54, 1.807) is 49.1 Å². The summed E-state index contributed by atoms with van der Waals surface area (Å²) >= 11 is 1.18. The van der Waals surface area contributed by atoms with Crippen LogP contribution in [0, 0.1) is 6.92 Å². The number of nitrogens with zero attached hydrogens (tertiary/aromatic N) is 6. The second-order valence-corrected chi connectivity index (χ2v) is 9.65. The third-order valence-electron chi connectivity index (χ3n) is 6.17. The average molecular weight is 541 g/mol. The number of hydrogen-bond acceptors (Lipinski definition) is 9. The van der Waals surface area contributed by atoms with Gasteiger partial charge in [0, 0.05) is 49.4 Å². The Balaban J connectivity index is 1.32. The molecule has 0 fully saturated rings. The van der Waals surface area contributed by atoms with Crippen molar-refractivity contribution in [3.05, 3.63) is 77.8 Å². The second kappa shape index (κ2) is 9.61. The van der Waals surface area contributed by atoms with Crippen molar-refractivity contribution in [3.8, 4) is 11.8 Å². The lowest BCUT2D eigenvalue weighted by molar-refractivity contribution is -0.123. The highest BCUT2D eigenvalue weighted by atomic mass is 32.1. The number of ether oxygens (including phenoxy) is 1. The lowest BCUT2D eigenvalue weighted by atomic mass is 10.1. The van der Waals surface area contributed by atoms with Crippen LogP contribution in [0.15, 0.2) is 67.4 Å². The Hall–Kier alpha value is -5.17. The van der Waals surface area contributed by atoms with Gasteiger partial charge in [0.05, 0.1) is 28.6 Å². The van der Waals surface area contributed by atoms with Crippen molar-refractivity contribution in [3.63, 3.8) is 0 Å². The van der Waals surface area contributed by atoms with Crippen LogP contribution in [-0.2, 0) is 4.79 Å². The molecule has 6 heterocycles. The van der Waals surface area contributed by atoms with Gasteiger partial charge in [0.15, 0.2) is 0 Å². The number of amides is 4. The van der Waals surface area contributed by atoms with Gasteiger partial charge < -0.3 is 20.3 Å². The molecule has 0 aliphatic carbocycles. The number of carbonyl (C=O) groups is 3. The molecule has 2 aliphatic heterocycles. The van der Waals surface area contributed by atoms with Gasteiger partial charge in [-0.25, -0.2) is 14.8 Å². The Morgan fingerprint density at radius 2 is 2.08 bits per heavy atom. The van der Waals surface area contributed by atoms with Crippen molar-refractivity contribution < 1.29 is 19.1 Å². The molecule has 0 radical (unpaired) electrons. The summed E-state index contributed by atoms with van der Waals surface area (Å²) in [6.07, 6.45) is 8.00. The molecule has 12 nitrogen and oxygen atoms in total. The van der Waals surface area contributed by atoms with Crippen molar-refractivity contribution in [1.82, 2.24) is 30.4 Å². The molecule has 0 saturated carbocycles. The van der Waals surface area contributed by atoms with E-state index in [4.69, 9.17) is 4.74 Å². The van der Waals surface area contributed by atoms with Gasteiger partial charge in [-0.2, -0.15) is 5.10 Å². The summed E-state index contributed by atoms with van der Waals surface area (Å²) in [6, 6.07) is 6.34. The van der Waals surface area contributed by atoms with Crippen molar-refractivity contribution in [1.29, 1.82) is 0 Å². The van der Waals surface area contributed by atoms with E-state index in [0.717, 1.165) is 5.56 Å². The number of urea groups is 1. The third-order valence-corrected chi connectivity index (χ3v) is 7.27. The van der Waals surface area contributed by atoms with Crippen LogP contribution in [0.1, 0.15) is 21.7 Å². The molecule has 194 valence electrons. The molecule has 0 aromatic carbocycles. The second-order valence-electron chi connectivity index (χ2n) is 8.65. The largest absolute Gasteiger partial charge is 0.419 e. The average Bonchev–Trinajstić information content (AvgIpc) is 3.55. The summed E-state index contributed by atoms with van der Waals surface area (Å²) in [6.45, 7) is 5.78. The molecular formula is C26H20N8O4S. The van der Waals surface area contributed by atoms with Crippen LogP contribution in [0.2, 0.25) is 0 Å². The molecule has 0 bridgehead atoms. The summed E-state index contributed by atoms with van der Waals surface area (Å²) in [4.78, 5) is 51.2. The molecular weight excluding hydrogens is 520 g/mol. The molecule has 13 heteroatoms. The third kappa shape index (κ3) is 4.34. The zero-order valence-electron chi connectivity index (χ0n) is 20.5. The first-order valence-corrected chi connectivity index (χ1v) is 12.6. The maximum Gasteiger partial charge on any atom is 0.331 e. The predicted octanol–water partition coefficient (Wildman–Crippen LogP) is 4.26. The molecule has 0 unspecified atom stereocenters. The van der Waals surface area contributed by atoms with E-state index >= 15 is 0 Å². The monoisotopic (exact) mass is 540 g/mol. The Morgan fingerprint density at radius 3 is 2.85 bits per heavy atom. The van der Waals surface area contributed by atoms with Crippen molar-refractivity contribution in [2.24, 2.45) is 0 Å². The normalized spacial score (nSPS) is 14.2. The van der Waals surface area contributed by atoms with Crippen LogP contribution in [0.3, 0.4) is 0 Å². The minimum absolute atomic E-state index is 0.240. The van der Waals surface area contributed by atoms with Crippen LogP contribution in [0.25, 0.3) is 10.2 Å². The first-order chi connectivity index (χ1) is 18.9. The first kappa shape index (κ1) is 24.2. The maximum absolute atomic E-state index is 13.4. The summed E-state index contributed by atoms with van der Waals surface area (Å²) in [5.41, 5.74) is 2.83. The van der Waals surface area contributed by atoms with Crippen LogP contribution in [-0.4, -0.2) is 49.5 Å². The van der Waals surface area contributed by atoms with E-state index < -0.39 is 11.9 Å². The summed E-state index contributed by atoms with van der Waals surface area (Å²) < 4.78 is 5.66. The molecule has 0 atom stereocenters. The van der Waals surface area contributed by atoms with Gasteiger partial charge in [0.2, 0.25) is 17.7 Å². The molecule has 2 N–H and O–H groups in total. The summed E-state index contributed by atoms with van der Waals surface area (Å²) in [7, 11) is 0. The molecule has 0 saturated heterocycles. The predicted molar refractivity (Wildman–Crippen MR) is 144 cm³/mol. The number of aromatic nitrogens is 4. The lowest BCUT2D eigenvalue weighted by Gasteiger charge is -2.29. The summed E-state index contributed by atoms with van der Waals surface area (Å²) in [5, 5.41) is 14.0. The molecule has 2 aliphatic rings. The first-order valence-electron chi connectivity index (χ1n) is 11.8. The topological polar surface area (TPSA) is 143 Å². The number of pyridine rings is 2. The highest BCUT2D eigenvalue weighted by molar-refractivity contribution is 7.21. The van der Waals surface area contributed by atoms with E-state index in [-0.39, 0.29) is 5.91 Å². The van der Waals surface area contributed by atoms with E-state index in [1.807, 2.05) is 6.92 Å². The number of thiophene rings is 1. The van der Waals surface area contributed by atoms with Crippen molar-refractivity contribution in [2.75, 3.05) is 16.8 Å². The Labute approximate surface area is 225 Å². The van der Waals surface area contributed by atoms with Crippen LogP contribution >= 0.6 is 11.3 Å². The van der Waals surface area contributed by atoms with Gasteiger partial charge >= 0.3 is 6.03 Å². The highest BCUT2D eigenvalue weighted by Crippen LogP contribution is 2.46. The number of aryl methyl sites for hydroxylation is 1. The Bertz CT molecular complexity index is 1700. The smallest absolute Gasteiger partial charge is 0.331 e. The Kier molecular flexibility index (Phi) is 5.96. The van der Waals surface area contributed by atoms with Crippen molar-refractivity contribution in [2.45, 2.75) is 13.3 Å². The molecule has 4 aromatic rings. The zero-order chi connectivity index (χ0) is 27.1. The van der Waals surface area contributed by atoms with Gasteiger partial charge in [0.25, 0.3) is 5.91 Å². The van der Waals surface area contributed by atoms with Gasteiger partial charge in [0.1, 0.15) is 9.71 Å². The lowest BCUT2D eigenvalue weighted by Crippen LogP contribution is -2.35. The van der Waals surface area contributed by atoms with Crippen LogP contribution < -0.4 is 20.3 Å². The fourth-order valence-corrected chi connectivity index (χ4v) is 5.41. The van der Waals surface area contributed by atoms with E-state index in [9.17, 15) is 14.4 Å². The van der Waals surface area contributed by atoms with Crippen LogP contribution in [0.5, 0.6) is 11.8 Å². The van der Waals surface area contributed by atoms with E-state index in [0.29, 0.717) is 62.6 Å².